The van der Waals surface area contributed by atoms with Gasteiger partial charge in [0.2, 0.25) is 0 Å². The van der Waals surface area contributed by atoms with Crippen LogP contribution >= 0.6 is 12.4 Å². The van der Waals surface area contributed by atoms with Gasteiger partial charge in [0.25, 0.3) is 0 Å². The van der Waals surface area contributed by atoms with E-state index in [1.165, 1.54) is 18.5 Å². The second kappa shape index (κ2) is 12.7. The third kappa shape index (κ3) is 6.69. The van der Waals surface area contributed by atoms with E-state index in [2.05, 4.69) is 33.2 Å². The van der Waals surface area contributed by atoms with Crippen molar-refractivity contribution < 1.29 is 18.6 Å². The lowest BCUT2D eigenvalue weighted by Crippen LogP contribution is -2.35. The summed E-state index contributed by atoms with van der Waals surface area (Å²) >= 11 is 0. The molecule has 39 heavy (non-hydrogen) atoms. The summed E-state index contributed by atoms with van der Waals surface area (Å²) in [6, 6.07) is 15.5. The molecule has 0 amide bonds. The number of halogens is 2. The first kappa shape index (κ1) is 28.0. The van der Waals surface area contributed by atoms with Crippen molar-refractivity contribution in [1.29, 1.82) is 0 Å². The Kier molecular flexibility index (Phi) is 9.07. The molecule has 0 atom stereocenters. The number of ether oxygens (including phenoxy) is 3. The van der Waals surface area contributed by atoms with Crippen molar-refractivity contribution in [3.8, 4) is 29.6 Å². The van der Waals surface area contributed by atoms with Gasteiger partial charge >= 0.3 is 0 Å². The molecule has 4 aromatic rings. The van der Waals surface area contributed by atoms with E-state index in [0.717, 1.165) is 42.6 Å². The molecule has 1 aliphatic heterocycles. The molecule has 1 saturated heterocycles. The summed E-state index contributed by atoms with van der Waals surface area (Å²) in [6.45, 7) is 2.17. The monoisotopic (exact) mass is 548 g/mol. The lowest BCUT2D eigenvalue weighted by molar-refractivity contribution is 0.115. The molecule has 3 aromatic carbocycles. The van der Waals surface area contributed by atoms with Gasteiger partial charge in [-0.3, -0.25) is 0 Å². The van der Waals surface area contributed by atoms with Crippen molar-refractivity contribution in [3.05, 3.63) is 77.9 Å². The second-order valence-corrected chi connectivity index (χ2v) is 9.26. The summed E-state index contributed by atoms with van der Waals surface area (Å²) in [5.41, 5.74) is 2.72. The third-order valence-corrected chi connectivity index (χ3v) is 6.55. The van der Waals surface area contributed by atoms with Crippen LogP contribution in [0.3, 0.4) is 0 Å². The molecule has 2 heterocycles. The Balaban J connectivity index is 0.00000353. The van der Waals surface area contributed by atoms with Gasteiger partial charge in [0.1, 0.15) is 47.9 Å². The number of terminal acetylenes is 1. The molecule has 1 fully saturated rings. The van der Waals surface area contributed by atoms with Crippen LogP contribution in [0.1, 0.15) is 24.0 Å². The van der Waals surface area contributed by atoms with Gasteiger partial charge in [-0.2, -0.15) is 0 Å². The topological polar surface area (TPSA) is 68.7 Å². The maximum Gasteiger partial charge on any atom is 0.145 e. The highest BCUT2D eigenvalue weighted by molar-refractivity contribution is 5.97. The average Bonchev–Trinajstić information content (AvgIpc) is 2.93. The maximum absolute atomic E-state index is 13.5. The van der Waals surface area contributed by atoms with Crippen LogP contribution in [-0.4, -0.2) is 48.2 Å². The standard InChI is InChI=1S/C30H29FN4O3.ClH/c1-4-21-15-23(8-9-27(21)37-18-20-6-5-7-22(31)14-20)34-30-29-26(32-19-33-30)16-25(36-3)17-28(29)38-24-10-12-35(2)13-11-24;/h1,5-9,14-17,19,24H,10-13,18H2,2-3H3,(H,32,33,34);1H. The second-order valence-electron chi connectivity index (χ2n) is 9.26. The fraction of sp³-hybridized carbons (Fsp3) is 0.267. The molecule has 0 spiro atoms. The summed E-state index contributed by atoms with van der Waals surface area (Å²) in [6.07, 6.45) is 9.26. The molecule has 1 aliphatic rings. The zero-order chi connectivity index (χ0) is 26.5. The van der Waals surface area contributed by atoms with Gasteiger partial charge in [0, 0.05) is 30.9 Å². The molecule has 0 bridgehead atoms. The quantitative estimate of drug-likeness (QED) is 0.272. The number of nitrogens with zero attached hydrogens (tertiary/aromatic N) is 3. The Morgan fingerprint density at radius 1 is 1.08 bits per heavy atom. The van der Waals surface area contributed by atoms with Gasteiger partial charge < -0.3 is 24.4 Å². The van der Waals surface area contributed by atoms with Crippen LogP contribution < -0.4 is 19.5 Å². The molecular weight excluding hydrogens is 519 g/mol. The third-order valence-electron chi connectivity index (χ3n) is 6.55. The SMILES string of the molecule is C#Cc1cc(Nc2ncnc3cc(OC)cc(OC4CCN(C)CC4)c23)ccc1OCc1cccc(F)c1.Cl. The molecule has 202 valence electrons. The molecule has 0 radical (unpaired) electrons. The average molecular weight is 549 g/mol. The number of nitrogens with one attached hydrogen (secondary N) is 1. The minimum Gasteiger partial charge on any atom is -0.497 e. The Labute approximate surface area is 233 Å². The highest BCUT2D eigenvalue weighted by Crippen LogP contribution is 2.37. The minimum atomic E-state index is -0.309. The van der Waals surface area contributed by atoms with Crippen LogP contribution in [0, 0.1) is 18.2 Å². The Bertz CT molecular complexity index is 1490. The van der Waals surface area contributed by atoms with Crippen molar-refractivity contribution in [3.63, 3.8) is 0 Å². The van der Waals surface area contributed by atoms with E-state index >= 15 is 0 Å². The van der Waals surface area contributed by atoms with Gasteiger partial charge in [0.15, 0.2) is 0 Å². The van der Waals surface area contributed by atoms with E-state index in [-0.39, 0.29) is 30.9 Å². The Morgan fingerprint density at radius 2 is 1.90 bits per heavy atom. The molecule has 7 nitrogen and oxygen atoms in total. The largest absolute Gasteiger partial charge is 0.497 e. The van der Waals surface area contributed by atoms with E-state index < -0.39 is 0 Å². The summed E-state index contributed by atoms with van der Waals surface area (Å²) in [5, 5.41) is 4.14. The van der Waals surface area contributed by atoms with Gasteiger partial charge in [-0.1, -0.05) is 18.1 Å². The molecule has 9 heteroatoms. The smallest absolute Gasteiger partial charge is 0.145 e. The van der Waals surface area contributed by atoms with Crippen molar-refractivity contribution in [2.45, 2.75) is 25.6 Å². The number of aromatic nitrogens is 2. The molecule has 1 aromatic heterocycles. The van der Waals surface area contributed by atoms with Gasteiger partial charge in [-0.25, -0.2) is 14.4 Å². The lowest BCUT2D eigenvalue weighted by Gasteiger charge is -2.29. The number of hydrogen-bond acceptors (Lipinski definition) is 7. The van der Waals surface area contributed by atoms with Gasteiger partial charge in [-0.05, 0) is 55.8 Å². The Morgan fingerprint density at radius 3 is 2.64 bits per heavy atom. The lowest BCUT2D eigenvalue weighted by atomic mass is 10.1. The van der Waals surface area contributed by atoms with Gasteiger partial charge in [0.05, 0.1) is 23.6 Å². The number of piperidine rings is 1. The number of hydrogen-bond donors (Lipinski definition) is 1. The first-order valence-corrected chi connectivity index (χ1v) is 12.5. The van der Waals surface area contributed by atoms with E-state index in [4.69, 9.17) is 20.6 Å². The highest BCUT2D eigenvalue weighted by atomic mass is 35.5. The molecule has 5 rings (SSSR count). The maximum atomic E-state index is 13.5. The van der Waals surface area contributed by atoms with E-state index in [9.17, 15) is 4.39 Å². The van der Waals surface area contributed by atoms with Crippen LogP contribution in [0.2, 0.25) is 0 Å². The normalized spacial score (nSPS) is 13.8. The molecule has 1 N–H and O–H groups in total. The number of likely N-dealkylation sites (tertiary alicyclic amines) is 1. The van der Waals surface area contributed by atoms with E-state index in [1.54, 1.807) is 25.3 Å². The van der Waals surface area contributed by atoms with E-state index in [1.807, 2.05) is 24.3 Å². The predicted molar refractivity (Wildman–Crippen MR) is 153 cm³/mol. The highest BCUT2D eigenvalue weighted by Gasteiger charge is 2.21. The fourth-order valence-electron chi connectivity index (χ4n) is 4.49. The van der Waals surface area contributed by atoms with Crippen LogP contribution in [0.4, 0.5) is 15.9 Å². The Hall–Kier alpha value is -4.06. The number of anilines is 2. The zero-order valence-electron chi connectivity index (χ0n) is 21.8. The first-order valence-electron chi connectivity index (χ1n) is 12.5. The molecule has 0 aliphatic carbocycles. The number of rotatable bonds is 8. The molecule has 0 saturated carbocycles. The summed E-state index contributed by atoms with van der Waals surface area (Å²) in [5.74, 6) is 4.83. The van der Waals surface area contributed by atoms with Crippen molar-refractivity contribution in [1.82, 2.24) is 14.9 Å². The number of fused-ring (bicyclic) bond motifs is 1. The van der Waals surface area contributed by atoms with Crippen LogP contribution in [0.5, 0.6) is 17.2 Å². The minimum absolute atomic E-state index is 0. The number of benzene rings is 3. The van der Waals surface area contributed by atoms with Crippen molar-refractivity contribution >= 4 is 34.8 Å². The van der Waals surface area contributed by atoms with E-state index in [0.29, 0.717) is 34.1 Å². The van der Waals surface area contributed by atoms with Crippen LogP contribution in [0.15, 0.2) is 60.9 Å². The number of methoxy groups -OCH3 is 1. The summed E-state index contributed by atoms with van der Waals surface area (Å²) < 4.78 is 31.4. The van der Waals surface area contributed by atoms with Crippen molar-refractivity contribution in [2.24, 2.45) is 0 Å². The summed E-state index contributed by atoms with van der Waals surface area (Å²) in [7, 11) is 3.75. The predicted octanol–water partition coefficient (Wildman–Crippen LogP) is 5.98. The molecular formula is C30H30ClFN4O3. The van der Waals surface area contributed by atoms with Gasteiger partial charge in [-0.15, -0.1) is 18.8 Å². The van der Waals surface area contributed by atoms with Crippen molar-refractivity contribution in [2.75, 3.05) is 32.6 Å². The van der Waals surface area contributed by atoms with Crippen LogP contribution in [-0.2, 0) is 6.61 Å². The molecule has 0 unspecified atom stereocenters. The first-order chi connectivity index (χ1) is 18.5. The summed E-state index contributed by atoms with van der Waals surface area (Å²) in [4.78, 5) is 11.3. The zero-order valence-corrected chi connectivity index (χ0v) is 22.6. The fourth-order valence-corrected chi connectivity index (χ4v) is 4.49. The van der Waals surface area contributed by atoms with Crippen LogP contribution in [0.25, 0.3) is 10.9 Å².